The van der Waals surface area contributed by atoms with Crippen LogP contribution in [0.1, 0.15) is 0 Å². The number of rotatable bonds is 0. The Morgan fingerprint density at radius 1 is 2.00 bits per heavy atom. The van der Waals surface area contributed by atoms with Crippen molar-refractivity contribution in [3.05, 3.63) is 0 Å². The minimum atomic E-state index is -0.191. The van der Waals surface area contributed by atoms with Gasteiger partial charge in [0.1, 0.15) is 6.17 Å². The highest BCUT2D eigenvalue weighted by Gasteiger charge is 2.10. The van der Waals surface area contributed by atoms with Gasteiger partial charge < -0.3 is 5.73 Å². The molecule has 0 bridgehead atoms. The Balaban J connectivity index is 2.45. The molecule has 0 aliphatic carbocycles. The molecule has 3 N–H and O–H groups in total. The van der Waals surface area contributed by atoms with E-state index < -0.39 is 0 Å². The molecule has 0 spiro atoms. The Bertz CT molecular complexity index is 91.7. The minimum Gasteiger partial charge on any atom is -0.309 e. The Morgan fingerprint density at radius 2 is 2.71 bits per heavy atom. The number of hydrazine groups is 1. The summed E-state index contributed by atoms with van der Waals surface area (Å²) in [5, 5.41) is 3.59. The number of nitrogens with one attached hydrogen (secondary N) is 1. The van der Waals surface area contributed by atoms with Crippen molar-refractivity contribution in [2.45, 2.75) is 6.17 Å². The van der Waals surface area contributed by atoms with Crippen LogP contribution in [-0.4, -0.2) is 16.8 Å². The molecule has 1 rings (SSSR count). The van der Waals surface area contributed by atoms with E-state index in [2.05, 4.69) is 23.5 Å². The first kappa shape index (κ1) is 4.89. The van der Waals surface area contributed by atoms with Gasteiger partial charge in [0.05, 0.1) is 6.21 Å². The van der Waals surface area contributed by atoms with Crippen LogP contribution in [0, 0.1) is 0 Å². The molecule has 0 amide bonds. The van der Waals surface area contributed by atoms with E-state index in [1.807, 2.05) is 0 Å². The topological polar surface area (TPSA) is 53.6 Å². The van der Waals surface area contributed by atoms with Crippen LogP contribution in [-0.2, 0) is 0 Å². The van der Waals surface area contributed by atoms with Crippen molar-refractivity contribution in [3.63, 3.8) is 0 Å². The smallest absolute Gasteiger partial charge is 0.126 e. The lowest BCUT2D eigenvalue weighted by Crippen LogP contribution is -2.36. The summed E-state index contributed by atoms with van der Waals surface area (Å²) < 4.78 is 1.40. The van der Waals surface area contributed by atoms with Gasteiger partial charge in [-0.15, -0.1) is 4.41 Å². The molecule has 0 radical (unpaired) electrons. The first-order valence-corrected chi connectivity index (χ1v) is 2.23. The van der Waals surface area contributed by atoms with Gasteiger partial charge in [0.15, 0.2) is 0 Å². The third kappa shape index (κ3) is 0.846. The third-order valence-corrected chi connectivity index (χ3v) is 1.03. The van der Waals surface area contributed by atoms with Gasteiger partial charge in [-0.2, -0.15) is 5.10 Å². The second-order valence-corrected chi connectivity index (χ2v) is 1.64. The summed E-state index contributed by atoms with van der Waals surface area (Å²) in [7, 11) is 0. The van der Waals surface area contributed by atoms with Gasteiger partial charge in [0.25, 0.3) is 0 Å². The summed E-state index contributed by atoms with van der Waals surface area (Å²) in [4.78, 5) is 0. The maximum Gasteiger partial charge on any atom is 0.126 e. The molecule has 1 aliphatic heterocycles. The Morgan fingerprint density at radius 3 is 2.86 bits per heavy atom. The van der Waals surface area contributed by atoms with Gasteiger partial charge in [0.2, 0.25) is 0 Å². The second-order valence-electron chi connectivity index (χ2n) is 1.21. The number of hydrogen-bond donors (Lipinski definition) is 3. The molecule has 0 saturated heterocycles. The lowest BCUT2D eigenvalue weighted by atomic mass is 10.6. The van der Waals surface area contributed by atoms with E-state index in [0.29, 0.717) is 0 Å². The summed E-state index contributed by atoms with van der Waals surface area (Å²) >= 11 is 3.86. The van der Waals surface area contributed by atoms with E-state index in [-0.39, 0.29) is 6.17 Å². The lowest BCUT2D eigenvalue weighted by molar-refractivity contribution is 0.373. The molecule has 0 aromatic rings. The zero-order valence-corrected chi connectivity index (χ0v) is 4.47. The van der Waals surface area contributed by atoms with Crippen LogP contribution in [0.3, 0.4) is 0 Å². The summed E-state index contributed by atoms with van der Waals surface area (Å²) in [6.45, 7) is 0. The fraction of sp³-hybridized carbons (Fsp3) is 0.500. The van der Waals surface area contributed by atoms with Crippen molar-refractivity contribution in [2.75, 3.05) is 0 Å². The number of hydrogen-bond acceptors (Lipinski definition) is 5. The summed E-state index contributed by atoms with van der Waals surface area (Å²) in [5.41, 5.74) is 7.83. The van der Waals surface area contributed by atoms with Crippen LogP contribution < -0.4 is 11.3 Å². The molecule has 40 valence electrons. The highest BCUT2D eigenvalue weighted by atomic mass is 32.1. The quantitative estimate of drug-likeness (QED) is 0.355. The molecule has 1 atom stereocenters. The largest absolute Gasteiger partial charge is 0.309 e. The van der Waals surface area contributed by atoms with Crippen molar-refractivity contribution >= 4 is 19.0 Å². The Labute approximate surface area is 46.9 Å². The summed E-state index contributed by atoms with van der Waals surface area (Å²) in [6.07, 6.45) is 1.37. The SMILES string of the molecule is NC1C=NNN1S. The zero-order valence-electron chi connectivity index (χ0n) is 3.57. The summed E-state index contributed by atoms with van der Waals surface area (Å²) in [6, 6.07) is 0. The zero-order chi connectivity index (χ0) is 5.28. The molecule has 1 unspecified atom stereocenters. The van der Waals surface area contributed by atoms with Crippen LogP contribution >= 0.6 is 12.8 Å². The second kappa shape index (κ2) is 1.69. The summed E-state index contributed by atoms with van der Waals surface area (Å²) in [5.74, 6) is 0. The van der Waals surface area contributed by atoms with Crippen molar-refractivity contribution in [1.82, 2.24) is 9.95 Å². The monoisotopic (exact) mass is 118 g/mol. The standard InChI is InChI=1S/C2H6N4S/c3-2-1-4-5-6(2)7/h1-2,5,7H,3H2. The predicted octanol–water partition coefficient (Wildman–Crippen LogP) is -1.08. The highest BCUT2D eigenvalue weighted by Crippen LogP contribution is 1.94. The maximum absolute atomic E-state index is 5.32. The number of hydrazone groups is 1. The fourth-order valence-corrected chi connectivity index (χ4v) is 0.410. The molecule has 0 saturated carbocycles. The van der Waals surface area contributed by atoms with E-state index >= 15 is 0 Å². The average Bonchev–Trinajstić information content (AvgIpc) is 1.91. The van der Waals surface area contributed by atoms with E-state index in [1.54, 1.807) is 6.21 Å². The van der Waals surface area contributed by atoms with Gasteiger partial charge in [-0.3, -0.25) is 0 Å². The first-order chi connectivity index (χ1) is 3.30. The van der Waals surface area contributed by atoms with Crippen LogP contribution in [0.15, 0.2) is 5.10 Å². The lowest BCUT2D eigenvalue weighted by Gasteiger charge is -2.08. The minimum absolute atomic E-state index is 0.191. The Hall–Kier alpha value is -0.260. The van der Waals surface area contributed by atoms with Crippen molar-refractivity contribution in [1.29, 1.82) is 0 Å². The molecular formula is C2H6N4S. The number of nitrogens with zero attached hydrogens (tertiary/aromatic N) is 2. The average molecular weight is 118 g/mol. The maximum atomic E-state index is 5.32. The molecule has 0 fully saturated rings. The normalized spacial score (nSPS) is 30.9. The van der Waals surface area contributed by atoms with E-state index in [0.717, 1.165) is 0 Å². The van der Waals surface area contributed by atoms with E-state index in [1.165, 1.54) is 4.41 Å². The van der Waals surface area contributed by atoms with Gasteiger partial charge in [0, 0.05) is 0 Å². The third-order valence-electron chi connectivity index (χ3n) is 0.670. The highest BCUT2D eigenvalue weighted by molar-refractivity contribution is 7.77. The van der Waals surface area contributed by atoms with Crippen LogP contribution in [0.4, 0.5) is 0 Å². The van der Waals surface area contributed by atoms with Crippen molar-refractivity contribution in [2.24, 2.45) is 10.8 Å². The number of nitrogens with two attached hydrogens (primary N) is 1. The molecule has 7 heavy (non-hydrogen) atoms. The van der Waals surface area contributed by atoms with Crippen LogP contribution in [0.5, 0.6) is 0 Å². The van der Waals surface area contributed by atoms with Crippen molar-refractivity contribution in [3.8, 4) is 0 Å². The van der Waals surface area contributed by atoms with Gasteiger partial charge in [-0.1, -0.05) is 12.8 Å². The molecule has 1 aliphatic rings. The predicted molar refractivity (Wildman–Crippen MR) is 30.4 cm³/mol. The van der Waals surface area contributed by atoms with E-state index in [9.17, 15) is 0 Å². The molecule has 0 aromatic carbocycles. The van der Waals surface area contributed by atoms with Gasteiger partial charge in [-0.05, 0) is 0 Å². The Kier molecular flexibility index (Phi) is 1.18. The fourth-order valence-electron chi connectivity index (χ4n) is 0.299. The van der Waals surface area contributed by atoms with Gasteiger partial charge in [-0.25, -0.2) is 5.53 Å². The molecular weight excluding hydrogens is 112 g/mol. The van der Waals surface area contributed by atoms with Gasteiger partial charge >= 0.3 is 0 Å². The first-order valence-electron chi connectivity index (χ1n) is 1.83. The van der Waals surface area contributed by atoms with Crippen LogP contribution in [0.2, 0.25) is 0 Å². The van der Waals surface area contributed by atoms with Crippen LogP contribution in [0.25, 0.3) is 0 Å². The van der Waals surface area contributed by atoms with E-state index in [4.69, 9.17) is 5.73 Å². The molecule has 4 nitrogen and oxygen atoms in total. The van der Waals surface area contributed by atoms with Crippen molar-refractivity contribution < 1.29 is 0 Å². The molecule has 1 heterocycles. The molecule has 5 heteroatoms. The number of thiol groups is 1. The molecule has 0 aromatic heterocycles.